The van der Waals surface area contributed by atoms with Crippen molar-refractivity contribution >= 4 is 11.9 Å². The summed E-state index contributed by atoms with van der Waals surface area (Å²) in [4.78, 5) is 17.8. The number of piperidine rings is 2. The Labute approximate surface area is 102 Å². The van der Waals surface area contributed by atoms with Crippen LogP contribution in [0.3, 0.4) is 0 Å². The molecule has 2 unspecified atom stereocenters. The van der Waals surface area contributed by atoms with Gasteiger partial charge >= 0.3 is 0 Å². The molecule has 2 aliphatic rings. The lowest BCUT2D eigenvalue weighted by molar-refractivity contribution is -0.125. The van der Waals surface area contributed by atoms with Crippen LogP contribution in [0.25, 0.3) is 0 Å². The summed E-state index contributed by atoms with van der Waals surface area (Å²) in [5, 5.41) is 3.07. The first kappa shape index (κ1) is 12.2. The largest absolute Gasteiger partial charge is 0.370 e. The zero-order valence-corrected chi connectivity index (χ0v) is 10.5. The molecular formula is C12H22N4O. The topological polar surface area (TPSA) is 70.7 Å². The van der Waals surface area contributed by atoms with Gasteiger partial charge in [0.25, 0.3) is 0 Å². The molecule has 1 amide bonds. The first-order valence-electron chi connectivity index (χ1n) is 6.55. The molecule has 17 heavy (non-hydrogen) atoms. The number of aliphatic imine (C=N–C) groups is 1. The number of likely N-dealkylation sites (tertiary alicyclic amines) is 1. The molecule has 0 saturated carbocycles. The SMILES string of the molecule is CCCN=C(N)N1CCC2NC(=O)CCC2C1. The molecule has 2 heterocycles. The van der Waals surface area contributed by atoms with Gasteiger partial charge in [0.05, 0.1) is 0 Å². The lowest BCUT2D eigenvalue weighted by Gasteiger charge is -2.41. The molecule has 2 rings (SSSR count). The number of nitrogens with one attached hydrogen (secondary N) is 1. The molecule has 96 valence electrons. The van der Waals surface area contributed by atoms with E-state index < -0.39 is 0 Å². The smallest absolute Gasteiger partial charge is 0.220 e. The highest BCUT2D eigenvalue weighted by Crippen LogP contribution is 2.25. The lowest BCUT2D eigenvalue weighted by Crippen LogP contribution is -2.56. The van der Waals surface area contributed by atoms with Crippen molar-refractivity contribution in [3.05, 3.63) is 0 Å². The summed E-state index contributed by atoms with van der Waals surface area (Å²) in [6.07, 6.45) is 3.64. The summed E-state index contributed by atoms with van der Waals surface area (Å²) in [5.41, 5.74) is 5.97. The Balaban J connectivity index is 1.91. The van der Waals surface area contributed by atoms with Crippen LogP contribution in [0.15, 0.2) is 4.99 Å². The predicted octanol–water partition coefficient (Wildman–Crippen LogP) is 0.312. The van der Waals surface area contributed by atoms with E-state index in [0.29, 0.717) is 24.3 Å². The van der Waals surface area contributed by atoms with Crippen LogP contribution < -0.4 is 11.1 Å². The highest BCUT2D eigenvalue weighted by Gasteiger charge is 2.34. The van der Waals surface area contributed by atoms with Gasteiger partial charge in [0.2, 0.25) is 5.91 Å². The van der Waals surface area contributed by atoms with Gasteiger partial charge in [-0.05, 0) is 25.2 Å². The molecule has 2 fully saturated rings. The maximum absolute atomic E-state index is 11.3. The van der Waals surface area contributed by atoms with Gasteiger partial charge in [-0.15, -0.1) is 0 Å². The number of carbonyl (C=O) groups is 1. The van der Waals surface area contributed by atoms with Crippen molar-refractivity contribution in [2.45, 2.75) is 38.6 Å². The molecule has 0 radical (unpaired) electrons. The minimum Gasteiger partial charge on any atom is -0.370 e. The highest BCUT2D eigenvalue weighted by molar-refractivity contribution is 5.79. The number of rotatable bonds is 2. The van der Waals surface area contributed by atoms with Crippen LogP contribution in [-0.4, -0.2) is 42.4 Å². The fourth-order valence-electron chi connectivity index (χ4n) is 2.64. The Kier molecular flexibility index (Phi) is 3.86. The van der Waals surface area contributed by atoms with Crippen molar-refractivity contribution in [3.8, 4) is 0 Å². The number of hydrogen-bond acceptors (Lipinski definition) is 2. The van der Waals surface area contributed by atoms with Gasteiger partial charge in [0.15, 0.2) is 5.96 Å². The quantitative estimate of drug-likeness (QED) is 0.537. The summed E-state index contributed by atoms with van der Waals surface area (Å²) >= 11 is 0. The second kappa shape index (κ2) is 5.38. The Hall–Kier alpha value is -1.26. The molecule has 0 aliphatic carbocycles. The Morgan fingerprint density at radius 1 is 1.59 bits per heavy atom. The minimum atomic E-state index is 0.201. The third-order valence-corrected chi connectivity index (χ3v) is 3.64. The molecule has 0 aromatic heterocycles. The standard InChI is InChI=1S/C12H22N4O/c1-2-6-14-12(13)16-7-5-10-9(8-16)3-4-11(17)15-10/h9-10H,2-8H2,1H3,(H2,13,14)(H,15,17). The minimum absolute atomic E-state index is 0.201. The molecule has 2 atom stereocenters. The molecule has 0 aromatic rings. The van der Waals surface area contributed by atoms with E-state index in [9.17, 15) is 4.79 Å². The average molecular weight is 238 g/mol. The van der Waals surface area contributed by atoms with Gasteiger partial charge < -0.3 is 16.0 Å². The number of hydrogen-bond donors (Lipinski definition) is 2. The van der Waals surface area contributed by atoms with Crippen LogP contribution in [0.4, 0.5) is 0 Å². The molecule has 5 nitrogen and oxygen atoms in total. The Bertz CT molecular complexity index is 316. The van der Waals surface area contributed by atoms with E-state index in [0.717, 1.165) is 38.9 Å². The van der Waals surface area contributed by atoms with Crippen molar-refractivity contribution in [2.75, 3.05) is 19.6 Å². The predicted molar refractivity (Wildman–Crippen MR) is 67.6 cm³/mol. The van der Waals surface area contributed by atoms with Gasteiger partial charge in [-0.1, -0.05) is 6.92 Å². The van der Waals surface area contributed by atoms with Crippen molar-refractivity contribution in [2.24, 2.45) is 16.6 Å². The Morgan fingerprint density at radius 2 is 2.41 bits per heavy atom. The molecule has 5 heteroatoms. The van der Waals surface area contributed by atoms with E-state index in [4.69, 9.17) is 5.73 Å². The van der Waals surface area contributed by atoms with Crippen LogP contribution in [0.2, 0.25) is 0 Å². The fourth-order valence-corrected chi connectivity index (χ4v) is 2.64. The van der Waals surface area contributed by atoms with Crippen molar-refractivity contribution < 1.29 is 4.79 Å². The number of nitrogens with zero attached hydrogens (tertiary/aromatic N) is 2. The van der Waals surface area contributed by atoms with Gasteiger partial charge in [-0.3, -0.25) is 9.79 Å². The van der Waals surface area contributed by atoms with E-state index in [1.807, 2.05) is 0 Å². The normalized spacial score (nSPS) is 29.8. The number of guanidine groups is 1. The summed E-state index contributed by atoms with van der Waals surface area (Å²) in [5.74, 6) is 1.41. The molecule has 0 spiro atoms. The summed E-state index contributed by atoms with van der Waals surface area (Å²) in [6.45, 7) is 4.73. The molecular weight excluding hydrogens is 216 g/mol. The third-order valence-electron chi connectivity index (χ3n) is 3.64. The second-order valence-corrected chi connectivity index (χ2v) is 4.95. The monoisotopic (exact) mass is 238 g/mol. The van der Waals surface area contributed by atoms with Crippen LogP contribution in [-0.2, 0) is 4.79 Å². The van der Waals surface area contributed by atoms with E-state index in [-0.39, 0.29) is 5.91 Å². The molecule has 3 N–H and O–H groups in total. The zero-order valence-electron chi connectivity index (χ0n) is 10.5. The molecule has 2 aliphatic heterocycles. The maximum Gasteiger partial charge on any atom is 0.220 e. The molecule has 0 aromatic carbocycles. The lowest BCUT2D eigenvalue weighted by atomic mass is 9.85. The van der Waals surface area contributed by atoms with Crippen molar-refractivity contribution in [3.63, 3.8) is 0 Å². The van der Waals surface area contributed by atoms with Gasteiger partial charge in [-0.25, -0.2) is 0 Å². The molecule has 2 saturated heterocycles. The van der Waals surface area contributed by atoms with Gasteiger partial charge in [-0.2, -0.15) is 0 Å². The second-order valence-electron chi connectivity index (χ2n) is 4.95. The number of carbonyl (C=O) groups excluding carboxylic acids is 1. The van der Waals surface area contributed by atoms with Crippen molar-refractivity contribution in [1.82, 2.24) is 10.2 Å². The maximum atomic E-state index is 11.3. The van der Waals surface area contributed by atoms with Crippen LogP contribution in [0.1, 0.15) is 32.6 Å². The summed E-state index contributed by atoms with van der Waals surface area (Å²) in [6, 6.07) is 0.353. The first-order chi connectivity index (χ1) is 8.20. The van der Waals surface area contributed by atoms with Gasteiger partial charge in [0, 0.05) is 32.1 Å². The number of fused-ring (bicyclic) bond motifs is 1. The van der Waals surface area contributed by atoms with Crippen LogP contribution in [0, 0.1) is 5.92 Å². The Morgan fingerprint density at radius 3 is 3.18 bits per heavy atom. The summed E-state index contributed by atoms with van der Waals surface area (Å²) in [7, 11) is 0. The van der Waals surface area contributed by atoms with Crippen LogP contribution in [0.5, 0.6) is 0 Å². The fraction of sp³-hybridized carbons (Fsp3) is 0.833. The number of amides is 1. The number of nitrogens with two attached hydrogens (primary N) is 1. The highest BCUT2D eigenvalue weighted by atomic mass is 16.1. The van der Waals surface area contributed by atoms with E-state index in [1.165, 1.54) is 0 Å². The van der Waals surface area contributed by atoms with Crippen LogP contribution >= 0.6 is 0 Å². The van der Waals surface area contributed by atoms with E-state index in [2.05, 4.69) is 22.1 Å². The van der Waals surface area contributed by atoms with E-state index in [1.54, 1.807) is 0 Å². The third kappa shape index (κ3) is 2.90. The zero-order chi connectivity index (χ0) is 12.3. The average Bonchev–Trinajstić information content (AvgIpc) is 2.35. The first-order valence-corrected chi connectivity index (χ1v) is 6.55. The van der Waals surface area contributed by atoms with E-state index >= 15 is 0 Å². The van der Waals surface area contributed by atoms with Gasteiger partial charge in [0.1, 0.15) is 0 Å². The molecule has 0 bridgehead atoms. The summed E-state index contributed by atoms with van der Waals surface area (Å²) < 4.78 is 0. The van der Waals surface area contributed by atoms with Crippen molar-refractivity contribution in [1.29, 1.82) is 0 Å².